The van der Waals surface area contributed by atoms with Gasteiger partial charge >= 0.3 is 0 Å². The molecule has 2 N–H and O–H groups in total. The molecule has 1 aliphatic carbocycles. The van der Waals surface area contributed by atoms with E-state index in [9.17, 15) is 0 Å². The van der Waals surface area contributed by atoms with Crippen LogP contribution in [0.2, 0.25) is 0 Å². The van der Waals surface area contributed by atoms with Gasteiger partial charge < -0.3 is 10.5 Å². The number of nitrogens with two attached hydrogens (primary N) is 1. The summed E-state index contributed by atoms with van der Waals surface area (Å²) in [7, 11) is 0. The van der Waals surface area contributed by atoms with Crippen molar-refractivity contribution in [3.8, 4) is 5.75 Å². The monoisotopic (exact) mass is 229 g/mol. The minimum atomic E-state index is -0.0582. The van der Waals surface area contributed by atoms with Crippen LogP contribution in [0.4, 0.5) is 5.69 Å². The van der Waals surface area contributed by atoms with Crippen molar-refractivity contribution in [2.75, 3.05) is 5.73 Å². The molecule has 0 bridgehead atoms. The van der Waals surface area contributed by atoms with Gasteiger partial charge in [-0.2, -0.15) is 0 Å². The molecule has 0 saturated heterocycles. The Bertz CT molecular complexity index is 442. The summed E-state index contributed by atoms with van der Waals surface area (Å²) >= 11 is 0. The molecule has 0 atom stereocenters. The highest BCUT2D eigenvalue weighted by Gasteiger charge is 2.33. The summed E-state index contributed by atoms with van der Waals surface area (Å²) in [6.07, 6.45) is 11.9. The standard InChI is InChI=1S/C15H19NO/c16-13-6-5-7-14-12(13)8-11-15(17-14)9-3-1-2-4-10-15/h5-8,11H,1-4,9-10,16H2. The molecule has 2 heteroatoms. The molecule has 0 aromatic heterocycles. The van der Waals surface area contributed by atoms with Crippen LogP contribution in [0.15, 0.2) is 24.3 Å². The zero-order valence-electron chi connectivity index (χ0n) is 10.1. The largest absolute Gasteiger partial charge is 0.482 e. The Balaban J connectivity index is 1.94. The van der Waals surface area contributed by atoms with E-state index >= 15 is 0 Å². The van der Waals surface area contributed by atoms with Crippen LogP contribution in [0.25, 0.3) is 6.08 Å². The highest BCUT2D eigenvalue weighted by atomic mass is 16.5. The van der Waals surface area contributed by atoms with Crippen LogP contribution in [0.5, 0.6) is 5.75 Å². The number of fused-ring (bicyclic) bond motifs is 1. The van der Waals surface area contributed by atoms with E-state index in [1.54, 1.807) is 0 Å². The lowest BCUT2D eigenvalue weighted by Gasteiger charge is -2.34. The summed E-state index contributed by atoms with van der Waals surface area (Å²) in [6, 6.07) is 5.93. The van der Waals surface area contributed by atoms with E-state index in [0.29, 0.717) is 0 Å². The first-order chi connectivity index (χ1) is 8.29. The van der Waals surface area contributed by atoms with E-state index in [1.807, 2.05) is 18.2 Å². The second kappa shape index (κ2) is 4.10. The van der Waals surface area contributed by atoms with Crippen molar-refractivity contribution in [3.05, 3.63) is 29.8 Å². The molecule has 3 rings (SSSR count). The lowest BCUT2D eigenvalue weighted by Crippen LogP contribution is -2.35. The molecule has 2 nitrogen and oxygen atoms in total. The maximum absolute atomic E-state index is 6.25. The SMILES string of the molecule is Nc1cccc2c1C=CC1(CCCCCC1)O2. The first-order valence-electron chi connectivity index (χ1n) is 6.56. The van der Waals surface area contributed by atoms with E-state index in [4.69, 9.17) is 10.5 Å². The number of hydrogen-bond donors (Lipinski definition) is 1. The van der Waals surface area contributed by atoms with Gasteiger partial charge in [0.05, 0.1) is 0 Å². The highest BCUT2D eigenvalue weighted by Crippen LogP contribution is 2.40. The predicted molar refractivity (Wildman–Crippen MR) is 70.9 cm³/mol. The molecule has 90 valence electrons. The summed E-state index contributed by atoms with van der Waals surface area (Å²) in [5.41, 5.74) is 7.75. The van der Waals surface area contributed by atoms with Gasteiger partial charge in [0.15, 0.2) is 0 Å². The van der Waals surface area contributed by atoms with Gasteiger partial charge in [0.25, 0.3) is 0 Å². The fourth-order valence-corrected chi connectivity index (χ4v) is 2.91. The normalized spacial score (nSPS) is 21.6. The molecule has 1 saturated carbocycles. The van der Waals surface area contributed by atoms with Crippen LogP contribution in [0.1, 0.15) is 44.1 Å². The predicted octanol–water partition coefficient (Wildman–Crippen LogP) is 3.77. The Hall–Kier alpha value is -1.44. The van der Waals surface area contributed by atoms with Crippen LogP contribution in [0.3, 0.4) is 0 Å². The number of hydrogen-bond acceptors (Lipinski definition) is 2. The summed E-state index contributed by atoms with van der Waals surface area (Å²) in [5, 5.41) is 0. The van der Waals surface area contributed by atoms with Crippen LogP contribution in [0, 0.1) is 0 Å². The Kier molecular flexibility index (Phi) is 2.58. The summed E-state index contributed by atoms with van der Waals surface area (Å²) in [6.45, 7) is 0. The minimum absolute atomic E-state index is 0.0582. The van der Waals surface area contributed by atoms with Crippen LogP contribution < -0.4 is 10.5 Å². The molecule has 1 aliphatic heterocycles. The van der Waals surface area contributed by atoms with Gasteiger partial charge in [-0.3, -0.25) is 0 Å². The van der Waals surface area contributed by atoms with E-state index in [2.05, 4.69) is 12.2 Å². The summed E-state index contributed by atoms with van der Waals surface area (Å²) < 4.78 is 6.25. The Morgan fingerprint density at radius 1 is 1.06 bits per heavy atom. The maximum atomic E-state index is 6.25. The number of nitrogen functional groups attached to an aromatic ring is 1. The Labute approximate surface area is 102 Å². The van der Waals surface area contributed by atoms with Crippen molar-refractivity contribution in [1.29, 1.82) is 0 Å². The molecule has 0 unspecified atom stereocenters. The zero-order valence-corrected chi connectivity index (χ0v) is 10.1. The third-order valence-corrected chi connectivity index (χ3v) is 3.92. The van der Waals surface area contributed by atoms with Gasteiger partial charge in [0, 0.05) is 11.3 Å². The fourth-order valence-electron chi connectivity index (χ4n) is 2.91. The third-order valence-electron chi connectivity index (χ3n) is 3.92. The molecule has 2 aliphatic rings. The van der Waals surface area contributed by atoms with Crippen molar-refractivity contribution in [2.45, 2.75) is 44.1 Å². The Morgan fingerprint density at radius 3 is 2.59 bits per heavy atom. The average molecular weight is 229 g/mol. The van der Waals surface area contributed by atoms with Gasteiger partial charge in [-0.15, -0.1) is 0 Å². The van der Waals surface area contributed by atoms with Gasteiger partial charge in [0.1, 0.15) is 11.4 Å². The van der Waals surface area contributed by atoms with Crippen LogP contribution in [-0.2, 0) is 0 Å². The first-order valence-corrected chi connectivity index (χ1v) is 6.56. The number of anilines is 1. The fraction of sp³-hybridized carbons (Fsp3) is 0.467. The third kappa shape index (κ3) is 1.92. The van der Waals surface area contributed by atoms with Crippen LogP contribution in [-0.4, -0.2) is 5.60 Å². The first kappa shape index (κ1) is 10.7. The lowest BCUT2D eigenvalue weighted by molar-refractivity contribution is 0.100. The Morgan fingerprint density at radius 2 is 1.82 bits per heavy atom. The van der Waals surface area contributed by atoms with E-state index in [1.165, 1.54) is 25.7 Å². The van der Waals surface area contributed by atoms with Gasteiger partial charge in [-0.25, -0.2) is 0 Å². The molecule has 1 spiro atoms. The molecule has 1 heterocycles. The van der Waals surface area contributed by atoms with Gasteiger partial charge in [-0.05, 0) is 50.0 Å². The van der Waals surface area contributed by atoms with E-state index in [0.717, 1.165) is 29.8 Å². The number of benzene rings is 1. The number of rotatable bonds is 0. The quantitative estimate of drug-likeness (QED) is 0.687. The average Bonchev–Trinajstić information content (AvgIpc) is 2.55. The topological polar surface area (TPSA) is 35.2 Å². The van der Waals surface area contributed by atoms with Crippen molar-refractivity contribution < 1.29 is 4.74 Å². The van der Waals surface area contributed by atoms with E-state index in [-0.39, 0.29) is 5.60 Å². The molecule has 17 heavy (non-hydrogen) atoms. The highest BCUT2D eigenvalue weighted by molar-refractivity contribution is 5.72. The molecule has 1 fully saturated rings. The molecule has 1 aromatic carbocycles. The van der Waals surface area contributed by atoms with E-state index < -0.39 is 0 Å². The van der Waals surface area contributed by atoms with Crippen molar-refractivity contribution in [1.82, 2.24) is 0 Å². The summed E-state index contributed by atoms with van der Waals surface area (Å²) in [5.74, 6) is 0.953. The molecule has 1 aromatic rings. The molecular weight excluding hydrogens is 210 g/mol. The smallest absolute Gasteiger partial charge is 0.129 e. The second-order valence-corrected chi connectivity index (χ2v) is 5.17. The molecule has 0 radical (unpaired) electrons. The summed E-state index contributed by atoms with van der Waals surface area (Å²) in [4.78, 5) is 0. The zero-order chi connectivity index (χ0) is 11.7. The van der Waals surface area contributed by atoms with Gasteiger partial charge in [0.2, 0.25) is 0 Å². The van der Waals surface area contributed by atoms with Crippen molar-refractivity contribution in [3.63, 3.8) is 0 Å². The lowest BCUT2D eigenvalue weighted by atomic mass is 9.90. The van der Waals surface area contributed by atoms with Crippen molar-refractivity contribution >= 4 is 11.8 Å². The molecule has 0 amide bonds. The number of ether oxygens (including phenoxy) is 1. The second-order valence-electron chi connectivity index (χ2n) is 5.17. The van der Waals surface area contributed by atoms with Crippen molar-refractivity contribution in [2.24, 2.45) is 0 Å². The maximum Gasteiger partial charge on any atom is 0.129 e. The minimum Gasteiger partial charge on any atom is -0.482 e. The molecular formula is C15H19NO. The van der Waals surface area contributed by atoms with Gasteiger partial charge in [-0.1, -0.05) is 18.9 Å². The van der Waals surface area contributed by atoms with Crippen LogP contribution >= 0.6 is 0 Å².